The number of hydrogen-bond acceptors (Lipinski definition) is 4. The lowest BCUT2D eigenvalue weighted by atomic mass is 10.1. The SMILES string of the molecule is COc1cc(OC)cc(C(=O)N2CCN(C(=O)CC(C)C)CC2)c1. The molecule has 1 aliphatic heterocycles. The highest BCUT2D eigenvalue weighted by atomic mass is 16.5. The molecule has 2 amide bonds. The molecule has 24 heavy (non-hydrogen) atoms. The second-order valence-corrected chi connectivity index (χ2v) is 6.37. The van der Waals surface area contributed by atoms with Crippen LogP contribution in [-0.4, -0.2) is 62.0 Å². The Hall–Kier alpha value is -2.24. The van der Waals surface area contributed by atoms with Crippen LogP contribution in [0.4, 0.5) is 0 Å². The van der Waals surface area contributed by atoms with E-state index in [-0.39, 0.29) is 11.8 Å². The van der Waals surface area contributed by atoms with Crippen molar-refractivity contribution in [1.82, 2.24) is 9.80 Å². The molecule has 0 N–H and O–H groups in total. The van der Waals surface area contributed by atoms with E-state index in [9.17, 15) is 9.59 Å². The number of amides is 2. The zero-order valence-electron chi connectivity index (χ0n) is 14.9. The van der Waals surface area contributed by atoms with E-state index >= 15 is 0 Å². The van der Waals surface area contributed by atoms with E-state index in [1.54, 1.807) is 37.3 Å². The fourth-order valence-electron chi connectivity index (χ4n) is 2.75. The number of piperazine rings is 1. The Morgan fingerprint density at radius 2 is 1.46 bits per heavy atom. The molecule has 0 aliphatic carbocycles. The second kappa shape index (κ2) is 8.04. The van der Waals surface area contributed by atoms with E-state index in [1.165, 1.54) is 0 Å². The van der Waals surface area contributed by atoms with Crippen molar-refractivity contribution in [3.8, 4) is 11.5 Å². The molecule has 6 heteroatoms. The molecule has 0 bridgehead atoms. The molecule has 0 aromatic heterocycles. The molecule has 6 nitrogen and oxygen atoms in total. The number of rotatable bonds is 5. The first-order chi connectivity index (χ1) is 11.4. The van der Waals surface area contributed by atoms with Gasteiger partial charge in [-0.05, 0) is 18.1 Å². The van der Waals surface area contributed by atoms with Gasteiger partial charge in [0.05, 0.1) is 14.2 Å². The summed E-state index contributed by atoms with van der Waals surface area (Å²) in [7, 11) is 3.12. The van der Waals surface area contributed by atoms with Crippen LogP contribution in [0.2, 0.25) is 0 Å². The van der Waals surface area contributed by atoms with Crippen molar-refractivity contribution < 1.29 is 19.1 Å². The van der Waals surface area contributed by atoms with Crippen LogP contribution in [0.5, 0.6) is 11.5 Å². The van der Waals surface area contributed by atoms with Crippen LogP contribution in [0.3, 0.4) is 0 Å². The molecule has 1 aromatic rings. The van der Waals surface area contributed by atoms with Crippen molar-refractivity contribution in [2.24, 2.45) is 5.92 Å². The first kappa shape index (κ1) is 18.1. The van der Waals surface area contributed by atoms with Crippen LogP contribution in [0.25, 0.3) is 0 Å². The van der Waals surface area contributed by atoms with Gasteiger partial charge >= 0.3 is 0 Å². The number of hydrogen-bond donors (Lipinski definition) is 0. The highest BCUT2D eigenvalue weighted by Gasteiger charge is 2.25. The molecule has 1 heterocycles. The Morgan fingerprint density at radius 1 is 0.958 bits per heavy atom. The summed E-state index contributed by atoms with van der Waals surface area (Å²) in [6, 6.07) is 5.15. The minimum atomic E-state index is -0.0665. The van der Waals surface area contributed by atoms with Crippen molar-refractivity contribution >= 4 is 11.8 Å². The number of carbonyl (C=O) groups is 2. The molecule has 1 fully saturated rings. The number of ether oxygens (including phenoxy) is 2. The quantitative estimate of drug-likeness (QED) is 0.827. The van der Waals surface area contributed by atoms with Gasteiger partial charge in [-0.25, -0.2) is 0 Å². The maximum Gasteiger partial charge on any atom is 0.254 e. The predicted molar refractivity (Wildman–Crippen MR) is 91.5 cm³/mol. The van der Waals surface area contributed by atoms with E-state index < -0.39 is 0 Å². The van der Waals surface area contributed by atoms with E-state index in [2.05, 4.69) is 0 Å². The minimum Gasteiger partial charge on any atom is -0.497 e. The van der Waals surface area contributed by atoms with E-state index in [0.29, 0.717) is 55.6 Å². The molecule has 0 spiro atoms. The molecule has 1 aromatic carbocycles. The van der Waals surface area contributed by atoms with E-state index in [4.69, 9.17) is 9.47 Å². The van der Waals surface area contributed by atoms with Crippen molar-refractivity contribution in [1.29, 1.82) is 0 Å². The Labute approximate surface area is 143 Å². The van der Waals surface area contributed by atoms with Gasteiger partial charge in [-0.1, -0.05) is 13.8 Å². The largest absolute Gasteiger partial charge is 0.497 e. The number of carbonyl (C=O) groups excluding carboxylic acids is 2. The Morgan fingerprint density at radius 3 is 1.92 bits per heavy atom. The second-order valence-electron chi connectivity index (χ2n) is 6.37. The lowest BCUT2D eigenvalue weighted by molar-refractivity contribution is -0.133. The third-order valence-electron chi connectivity index (χ3n) is 4.10. The van der Waals surface area contributed by atoms with E-state index in [1.807, 2.05) is 18.7 Å². The van der Waals surface area contributed by atoms with Crippen LogP contribution in [0.1, 0.15) is 30.6 Å². The summed E-state index contributed by atoms with van der Waals surface area (Å²) in [5.41, 5.74) is 0.535. The Bertz CT molecular complexity index is 570. The molecule has 0 radical (unpaired) electrons. The number of benzene rings is 1. The summed E-state index contributed by atoms with van der Waals surface area (Å²) >= 11 is 0. The van der Waals surface area contributed by atoms with Gasteiger partial charge in [0.2, 0.25) is 5.91 Å². The third-order valence-corrected chi connectivity index (χ3v) is 4.10. The normalized spacial score (nSPS) is 14.7. The molecule has 0 unspecified atom stereocenters. The lowest BCUT2D eigenvalue weighted by Crippen LogP contribution is -2.50. The molecule has 2 rings (SSSR count). The fourth-order valence-corrected chi connectivity index (χ4v) is 2.75. The maximum atomic E-state index is 12.7. The van der Waals surface area contributed by atoms with Gasteiger partial charge in [0.1, 0.15) is 11.5 Å². The summed E-state index contributed by atoms with van der Waals surface area (Å²) < 4.78 is 10.4. The first-order valence-corrected chi connectivity index (χ1v) is 8.24. The molecular weight excluding hydrogens is 308 g/mol. The standard InChI is InChI=1S/C18H26N2O4/c1-13(2)9-17(21)19-5-7-20(8-6-19)18(22)14-10-15(23-3)12-16(11-14)24-4/h10-13H,5-9H2,1-4H3. The summed E-state index contributed by atoms with van der Waals surface area (Å²) in [6.45, 7) is 6.32. The zero-order chi connectivity index (χ0) is 17.7. The van der Waals surface area contributed by atoms with Gasteiger partial charge in [-0.15, -0.1) is 0 Å². The third kappa shape index (κ3) is 4.40. The molecule has 0 saturated carbocycles. The highest BCUT2D eigenvalue weighted by molar-refractivity contribution is 5.95. The minimum absolute atomic E-state index is 0.0665. The van der Waals surface area contributed by atoms with Gasteiger partial charge in [-0.3, -0.25) is 9.59 Å². The topological polar surface area (TPSA) is 59.1 Å². The molecule has 132 valence electrons. The maximum absolute atomic E-state index is 12.7. The van der Waals surface area contributed by atoms with E-state index in [0.717, 1.165) is 0 Å². The number of methoxy groups -OCH3 is 2. The van der Waals surface area contributed by atoms with Crippen LogP contribution >= 0.6 is 0 Å². The smallest absolute Gasteiger partial charge is 0.254 e. The average Bonchev–Trinajstić information content (AvgIpc) is 2.60. The van der Waals surface area contributed by atoms with Crippen molar-refractivity contribution in [2.45, 2.75) is 20.3 Å². The van der Waals surface area contributed by atoms with Gasteiger partial charge in [0, 0.05) is 44.2 Å². The van der Waals surface area contributed by atoms with Crippen LogP contribution in [-0.2, 0) is 4.79 Å². The predicted octanol–water partition coefficient (Wildman–Crippen LogP) is 2.03. The van der Waals surface area contributed by atoms with Crippen LogP contribution in [0, 0.1) is 5.92 Å². The summed E-state index contributed by atoms with van der Waals surface area (Å²) in [5, 5.41) is 0. The van der Waals surface area contributed by atoms with Crippen LogP contribution in [0.15, 0.2) is 18.2 Å². The fraction of sp³-hybridized carbons (Fsp3) is 0.556. The summed E-state index contributed by atoms with van der Waals surface area (Å²) in [5.74, 6) is 1.62. The molecule has 1 aliphatic rings. The molecular formula is C18H26N2O4. The van der Waals surface area contributed by atoms with Gasteiger partial charge in [0.15, 0.2) is 0 Å². The van der Waals surface area contributed by atoms with Gasteiger partial charge in [-0.2, -0.15) is 0 Å². The summed E-state index contributed by atoms with van der Waals surface area (Å²) in [6.07, 6.45) is 0.557. The molecule has 0 atom stereocenters. The van der Waals surface area contributed by atoms with Crippen LogP contribution < -0.4 is 9.47 Å². The monoisotopic (exact) mass is 334 g/mol. The van der Waals surface area contributed by atoms with Crippen molar-refractivity contribution in [3.05, 3.63) is 23.8 Å². The lowest BCUT2D eigenvalue weighted by Gasteiger charge is -2.35. The van der Waals surface area contributed by atoms with Gasteiger partial charge < -0.3 is 19.3 Å². The first-order valence-electron chi connectivity index (χ1n) is 8.24. The Kier molecular flexibility index (Phi) is 6.06. The van der Waals surface area contributed by atoms with Crippen molar-refractivity contribution in [3.63, 3.8) is 0 Å². The highest BCUT2D eigenvalue weighted by Crippen LogP contribution is 2.24. The molecule has 1 saturated heterocycles. The Balaban J connectivity index is 2.01. The average molecular weight is 334 g/mol. The number of nitrogens with zero attached hydrogens (tertiary/aromatic N) is 2. The zero-order valence-corrected chi connectivity index (χ0v) is 14.9. The van der Waals surface area contributed by atoms with Gasteiger partial charge in [0.25, 0.3) is 5.91 Å². The van der Waals surface area contributed by atoms with Crippen molar-refractivity contribution in [2.75, 3.05) is 40.4 Å². The summed E-state index contributed by atoms with van der Waals surface area (Å²) in [4.78, 5) is 28.4.